The second-order valence-corrected chi connectivity index (χ2v) is 11.6. The molecule has 0 unspecified atom stereocenters. The summed E-state index contributed by atoms with van der Waals surface area (Å²) in [5.74, 6) is 0.640. The van der Waals surface area contributed by atoms with E-state index < -0.39 is 8.32 Å². The average molecular weight is 308 g/mol. The van der Waals surface area contributed by atoms with E-state index in [1.54, 1.807) is 0 Å². The Kier molecular flexibility index (Phi) is 6.17. The van der Waals surface area contributed by atoms with Gasteiger partial charge in [-0.3, -0.25) is 4.79 Å². The number of hydrogen-bond donors (Lipinski definition) is 0. The van der Waals surface area contributed by atoms with Crippen molar-refractivity contribution in [3.8, 4) is 5.75 Å². The molecule has 0 bridgehead atoms. The Morgan fingerprint density at radius 2 is 1.86 bits per heavy atom. The zero-order chi connectivity index (χ0) is 16.1. The normalized spacial score (nSPS) is 12.3. The van der Waals surface area contributed by atoms with Crippen molar-refractivity contribution in [3.63, 3.8) is 0 Å². The van der Waals surface area contributed by atoms with Crippen LogP contribution in [0.1, 0.15) is 43.6 Å². The zero-order valence-corrected chi connectivity index (χ0v) is 15.2. The molecule has 21 heavy (non-hydrogen) atoms. The lowest BCUT2D eigenvalue weighted by Crippen LogP contribution is -2.41. The van der Waals surface area contributed by atoms with Crippen molar-refractivity contribution in [1.29, 1.82) is 0 Å². The maximum Gasteiger partial charge on any atom is 0.192 e. The minimum atomic E-state index is -1.73. The molecule has 1 aromatic rings. The number of hydrogen-bond acceptors (Lipinski definition) is 3. The summed E-state index contributed by atoms with van der Waals surface area (Å²) in [4.78, 5) is 11.1. The molecular weight excluding hydrogens is 280 g/mol. The highest BCUT2D eigenvalue weighted by Gasteiger charge is 2.36. The summed E-state index contributed by atoms with van der Waals surface area (Å²) >= 11 is 0. The minimum Gasteiger partial charge on any atom is -0.490 e. The van der Waals surface area contributed by atoms with Gasteiger partial charge in [-0.05, 0) is 42.2 Å². The summed E-state index contributed by atoms with van der Waals surface area (Å²) in [6.45, 7) is 14.2. The second kappa shape index (κ2) is 7.23. The molecule has 0 amide bonds. The number of carbonyl (C=O) groups is 1. The van der Waals surface area contributed by atoms with Crippen LogP contribution in [0.4, 0.5) is 0 Å². The van der Waals surface area contributed by atoms with Gasteiger partial charge in [-0.1, -0.05) is 33.8 Å². The molecule has 3 nitrogen and oxygen atoms in total. The first-order valence-corrected chi connectivity index (χ1v) is 10.5. The van der Waals surface area contributed by atoms with Gasteiger partial charge in [-0.25, -0.2) is 0 Å². The SMILES string of the molecule is CCc1ccc(OCCO[Si](C)(C)C(C)(C)C)c(C=O)c1. The van der Waals surface area contributed by atoms with E-state index in [2.05, 4.69) is 40.8 Å². The molecule has 0 atom stereocenters. The van der Waals surface area contributed by atoms with Gasteiger partial charge in [0.1, 0.15) is 12.4 Å². The van der Waals surface area contributed by atoms with Crippen molar-refractivity contribution in [2.75, 3.05) is 13.2 Å². The third-order valence-electron chi connectivity index (χ3n) is 4.22. The molecule has 0 heterocycles. The molecule has 1 aromatic carbocycles. The van der Waals surface area contributed by atoms with Crippen LogP contribution >= 0.6 is 0 Å². The summed E-state index contributed by atoms with van der Waals surface area (Å²) in [5, 5.41) is 0.198. The molecule has 0 aliphatic carbocycles. The van der Waals surface area contributed by atoms with Crippen molar-refractivity contribution in [2.24, 2.45) is 0 Å². The molecule has 0 N–H and O–H groups in total. The number of aryl methyl sites for hydroxylation is 1. The van der Waals surface area contributed by atoms with Gasteiger partial charge in [-0.15, -0.1) is 0 Å². The topological polar surface area (TPSA) is 35.5 Å². The molecule has 0 aliphatic heterocycles. The van der Waals surface area contributed by atoms with Gasteiger partial charge < -0.3 is 9.16 Å². The number of benzene rings is 1. The van der Waals surface area contributed by atoms with Gasteiger partial charge in [0.25, 0.3) is 0 Å². The van der Waals surface area contributed by atoms with E-state index in [-0.39, 0.29) is 5.04 Å². The molecule has 0 aromatic heterocycles. The van der Waals surface area contributed by atoms with Crippen molar-refractivity contribution >= 4 is 14.6 Å². The van der Waals surface area contributed by atoms with Crippen LogP contribution in [0.2, 0.25) is 18.1 Å². The smallest absolute Gasteiger partial charge is 0.192 e. The van der Waals surface area contributed by atoms with Gasteiger partial charge in [0.05, 0.1) is 12.2 Å². The van der Waals surface area contributed by atoms with E-state index in [9.17, 15) is 4.79 Å². The molecular formula is C17H28O3Si. The maximum atomic E-state index is 11.1. The van der Waals surface area contributed by atoms with E-state index in [0.717, 1.165) is 18.3 Å². The highest BCUT2D eigenvalue weighted by Crippen LogP contribution is 2.36. The molecule has 4 heteroatoms. The highest BCUT2D eigenvalue weighted by molar-refractivity contribution is 6.74. The number of rotatable bonds is 7. The van der Waals surface area contributed by atoms with E-state index in [4.69, 9.17) is 9.16 Å². The summed E-state index contributed by atoms with van der Waals surface area (Å²) in [6, 6.07) is 5.75. The lowest BCUT2D eigenvalue weighted by Gasteiger charge is -2.36. The Morgan fingerprint density at radius 1 is 1.19 bits per heavy atom. The fraction of sp³-hybridized carbons (Fsp3) is 0.588. The standard InChI is InChI=1S/C17H28O3Si/c1-7-14-8-9-16(15(12-14)13-18)19-10-11-20-21(5,6)17(2,3)4/h8-9,12-13H,7,10-11H2,1-6H3. The summed E-state index contributed by atoms with van der Waals surface area (Å²) in [5.41, 5.74) is 1.75. The molecule has 118 valence electrons. The quantitative estimate of drug-likeness (QED) is 0.424. The third kappa shape index (κ3) is 4.97. The molecule has 1 rings (SSSR count). The first-order valence-electron chi connectivity index (χ1n) is 7.56. The Morgan fingerprint density at radius 3 is 2.38 bits per heavy atom. The lowest BCUT2D eigenvalue weighted by molar-refractivity contribution is 0.111. The molecule has 0 saturated carbocycles. The predicted molar refractivity (Wildman–Crippen MR) is 89.9 cm³/mol. The average Bonchev–Trinajstić information content (AvgIpc) is 2.42. The van der Waals surface area contributed by atoms with E-state index >= 15 is 0 Å². The van der Waals surface area contributed by atoms with Gasteiger partial charge in [0, 0.05) is 0 Å². The lowest BCUT2D eigenvalue weighted by atomic mass is 10.1. The minimum absolute atomic E-state index is 0.198. The van der Waals surface area contributed by atoms with Crippen LogP contribution in [0, 0.1) is 0 Å². The van der Waals surface area contributed by atoms with Gasteiger partial charge in [-0.2, -0.15) is 0 Å². The molecule has 0 radical (unpaired) electrons. The monoisotopic (exact) mass is 308 g/mol. The van der Waals surface area contributed by atoms with Crippen molar-refractivity contribution in [1.82, 2.24) is 0 Å². The Labute approximate surface area is 129 Å². The molecule has 0 saturated heterocycles. The van der Waals surface area contributed by atoms with Crippen LogP contribution in [-0.2, 0) is 10.8 Å². The van der Waals surface area contributed by atoms with Crippen molar-refractivity contribution < 1.29 is 14.0 Å². The van der Waals surface area contributed by atoms with Crippen LogP contribution in [0.25, 0.3) is 0 Å². The first kappa shape index (κ1) is 17.9. The van der Waals surface area contributed by atoms with Gasteiger partial charge in [0.15, 0.2) is 14.6 Å². The van der Waals surface area contributed by atoms with Crippen LogP contribution < -0.4 is 4.74 Å². The molecule has 0 aliphatic rings. The Hall–Kier alpha value is -1.13. The zero-order valence-electron chi connectivity index (χ0n) is 14.2. The van der Waals surface area contributed by atoms with Crippen LogP contribution in [0.3, 0.4) is 0 Å². The predicted octanol–water partition coefficient (Wildman–Crippen LogP) is 4.46. The Balaban J connectivity index is 2.55. The summed E-state index contributed by atoms with van der Waals surface area (Å²) < 4.78 is 11.8. The highest BCUT2D eigenvalue weighted by atomic mass is 28.4. The van der Waals surface area contributed by atoms with Gasteiger partial charge >= 0.3 is 0 Å². The van der Waals surface area contributed by atoms with Gasteiger partial charge in [0.2, 0.25) is 0 Å². The van der Waals surface area contributed by atoms with Crippen LogP contribution in [0.5, 0.6) is 5.75 Å². The fourth-order valence-corrected chi connectivity index (χ4v) is 2.73. The maximum absolute atomic E-state index is 11.1. The Bertz CT molecular complexity index is 475. The first-order chi connectivity index (χ1) is 9.71. The summed E-state index contributed by atoms with van der Waals surface area (Å²) in [6.07, 6.45) is 1.76. The third-order valence-corrected chi connectivity index (χ3v) is 8.76. The summed E-state index contributed by atoms with van der Waals surface area (Å²) in [7, 11) is -1.73. The molecule has 0 fully saturated rings. The van der Waals surface area contributed by atoms with Crippen LogP contribution in [-0.4, -0.2) is 27.8 Å². The molecule has 0 spiro atoms. The second-order valence-electron chi connectivity index (χ2n) is 6.80. The number of ether oxygens (including phenoxy) is 1. The van der Waals surface area contributed by atoms with Crippen molar-refractivity contribution in [2.45, 2.75) is 52.2 Å². The van der Waals surface area contributed by atoms with Crippen LogP contribution in [0.15, 0.2) is 18.2 Å². The fourth-order valence-electron chi connectivity index (χ4n) is 1.71. The van der Waals surface area contributed by atoms with E-state index in [0.29, 0.717) is 24.5 Å². The van der Waals surface area contributed by atoms with E-state index in [1.807, 2.05) is 18.2 Å². The number of carbonyl (C=O) groups excluding carboxylic acids is 1. The van der Waals surface area contributed by atoms with Crippen molar-refractivity contribution in [3.05, 3.63) is 29.3 Å². The number of aldehydes is 1. The van der Waals surface area contributed by atoms with E-state index in [1.165, 1.54) is 0 Å². The largest absolute Gasteiger partial charge is 0.490 e.